The van der Waals surface area contributed by atoms with Gasteiger partial charge in [-0.05, 0) is 48.9 Å². The Morgan fingerprint density at radius 1 is 1.00 bits per heavy atom. The Morgan fingerprint density at radius 3 is 2.53 bits per heavy atom. The molecule has 158 valence electrons. The van der Waals surface area contributed by atoms with Crippen LogP contribution in [-0.4, -0.2) is 37.4 Å². The van der Waals surface area contributed by atoms with Gasteiger partial charge in [-0.2, -0.15) is 4.98 Å². The smallest absolute Gasteiger partial charge is 0.226 e. The molecule has 1 atom stereocenters. The van der Waals surface area contributed by atoms with Gasteiger partial charge in [-0.1, -0.05) is 6.07 Å². The van der Waals surface area contributed by atoms with Crippen LogP contribution in [0.3, 0.4) is 0 Å². The van der Waals surface area contributed by atoms with Crippen molar-refractivity contribution < 1.29 is 23.3 Å². The molecular weight excluding hydrogens is 389 g/mol. The molecule has 0 saturated carbocycles. The van der Waals surface area contributed by atoms with Crippen molar-refractivity contribution in [3.63, 3.8) is 0 Å². The summed E-state index contributed by atoms with van der Waals surface area (Å²) in [5.74, 6) is 2.20. The van der Waals surface area contributed by atoms with E-state index in [1.165, 1.54) is 24.3 Å². The molecule has 0 amide bonds. The highest BCUT2D eigenvalue weighted by atomic mass is 19.1. The summed E-state index contributed by atoms with van der Waals surface area (Å²) in [6.07, 6.45) is 1.59. The van der Waals surface area contributed by atoms with E-state index < -0.39 is 0 Å². The Balaban J connectivity index is 1.68. The number of anilines is 1. The summed E-state index contributed by atoms with van der Waals surface area (Å²) in [5.41, 5.74) is 0.972. The lowest BCUT2D eigenvalue weighted by atomic mass is 10.1. The summed E-state index contributed by atoms with van der Waals surface area (Å²) in [6, 6.07) is 13.0. The van der Waals surface area contributed by atoms with Crippen LogP contribution in [0.15, 0.2) is 54.7 Å². The van der Waals surface area contributed by atoms with E-state index in [1.807, 2.05) is 25.1 Å². The van der Waals surface area contributed by atoms with Crippen molar-refractivity contribution in [2.24, 2.45) is 0 Å². The van der Waals surface area contributed by atoms with E-state index in [4.69, 9.17) is 18.9 Å². The van der Waals surface area contributed by atoms with E-state index in [9.17, 15) is 4.39 Å². The number of benzene rings is 2. The molecule has 2 aromatic carbocycles. The van der Waals surface area contributed by atoms with Gasteiger partial charge in [-0.25, -0.2) is 9.37 Å². The predicted octanol–water partition coefficient (Wildman–Crippen LogP) is 4.61. The fourth-order valence-electron chi connectivity index (χ4n) is 2.68. The second-order valence-corrected chi connectivity index (χ2v) is 6.39. The Bertz CT molecular complexity index is 953. The van der Waals surface area contributed by atoms with E-state index in [1.54, 1.807) is 26.5 Å². The summed E-state index contributed by atoms with van der Waals surface area (Å²) in [5, 5.41) is 3.24. The number of methoxy groups -OCH3 is 2. The quantitative estimate of drug-likeness (QED) is 0.486. The van der Waals surface area contributed by atoms with Crippen LogP contribution in [0.4, 0.5) is 10.3 Å². The molecular formula is C22H24FN3O4. The second-order valence-electron chi connectivity index (χ2n) is 6.39. The first-order valence-corrected chi connectivity index (χ1v) is 9.41. The Kier molecular flexibility index (Phi) is 7.40. The number of nitrogens with zero attached hydrogens (tertiary/aromatic N) is 2. The number of halogens is 1. The van der Waals surface area contributed by atoms with Crippen LogP contribution in [0.5, 0.6) is 23.1 Å². The third-order valence-electron chi connectivity index (χ3n) is 4.24. The zero-order chi connectivity index (χ0) is 21.3. The molecule has 0 fully saturated rings. The van der Waals surface area contributed by atoms with Gasteiger partial charge in [-0.3, -0.25) is 0 Å². The number of aromatic nitrogens is 2. The van der Waals surface area contributed by atoms with Gasteiger partial charge >= 0.3 is 0 Å². The van der Waals surface area contributed by atoms with Crippen molar-refractivity contribution in [1.82, 2.24) is 9.97 Å². The Hall–Kier alpha value is -3.39. The topological polar surface area (TPSA) is 74.7 Å². The molecule has 8 heteroatoms. The molecule has 1 N–H and O–H groups in total. The zero-order valence-electron chi connectivity index (χ0n) is 17.1. The Labute approximate surface area is 174 Å². The molecule has 3 aromatic rings. The molecule has 0 saturated heterocycles. The van der Waals surface area contributed by atoms with E-state index in [-0.39, 0.29) is 11.9 Å². The van der Waals surface area contributed by atoms with Gasteiger partial charge in [-0.15, -0.1) is 0 Å². The third kappa shape index (κ3) is 5.81. The lowest BCUT2D eigenvalue weighted by Gasteiger charge is -2.17. The van der Waals surface area contributed by atoms with Gasteiger partial charge in [0.05, 0.1) is 19.8 Å². The van der Waals surface area contributed by atoms with Crippen molar-refractivity contribution in [3.8, 4) is 23.1 Å². The fourth-order valence-corrected chi connectivity index (χ4v) is 2.68. The molecule has 0 spiro atoms. The first-order valence-electron chi connectivity index (χ1n) is 9.41. The van der Waals surface area contributed by atoms with Crippen LogP contribution >= 0.6 is 0 Å². The number of hydrogen-bond acceptors (Lipinski definition) is 7. The molecule has 0 aliphatic heterocycles. The second kappa shape index (κ2) is 10.4. The maximum Gasteiger partial charge on any atom is 0.226 e. The summed E-state index contributed by atoms with van der Waals surface area (Å²) in [4.78, 5) is 8.60. The van der Waals surface area contributed by atoms with Crippen molar-refractivity contribution in [2.45, 2.75) is 13.0 Å². The van der Waals surface area contributed by atoms with Crippen LogP contribution in [0.25, 0.3) is 0 Å². The maximum atomic E-state index is 13.0. The average Bonchev–Trinajstić information content (AvgIpc) is 2.76. The molecule has 0 radical (unpaired) electrons. The molecule has 0 bridgehead atoms. The summed E-state index contributed by atoms with van der Waals surface area (Å²) < 4.78 is 34.8. The van der Waals surface area contributed by atoms with Crippen molar-refractivity contribution in [3.05, 3.63) is 66.1 Å². The highest BCUT2D eigenvalue weighted by Crippen LogP contribution is 2.31. The standard InChI is InChI=1S/C22H24FN3O4/c1-15(16-4-9-19(20(14-16)28-3)29-13-12-27-2)25-22-24-11-10-21(26-22)30-18-7-5-17(23)6-8-18/h4-11,14-15H,12-13H2,1-3H3,(H,24,25,26). The molecule has 0 aliphatic rings. The maximum absolute atomic E-state index is 13.0. The molecule has 1 unspecified atom stereocenters. The first-order chi connectivity index (χ1) is 14.6. The monoisotopic (exact) mass is 413 g/mol. The van der Waals surface area contributed by atoms with Gasteiger partial charge in [0, 0.05) is 19.4 Å². The minimum absolute atomic E-state index is 0.104. The summed E-state index contributed by atoms with van der Waals surface area (Å²) in [6.45, 7) is 2.92. The van der Waals surface area contributed by atoms with E-state index >= 15 is 0 Å². The molecule has 3 rings (SSSR count). The fraction of sp³-hybridized carbons (Fsp3) is 0.273. The SMILES string of the molecule is COCCOc1ccc(C(C)Nc2nccc(Oc3ccc(F)cc3)n2)cc1OC. The first kappa shape index (κ1) is 21.3. The summed E-state index contributed by atoms with van der Waals surface area (Å²) in [7, 11) is 3.22. The summed E-state index contributed by atoms with van der Waals surface area (Å²) >= 11 is 0. The largest absolute Gasteiger partial charge is 0.493 e. The van der Waals surface area contributed by atoms with Gasteiger partial charge in [0.15, 0.2) is 11.5 Å². The van der Waals surface area contributed by atoms with Crippen molar-refractivity contribution >= 4 is 5.95 Å². The highest BCUT2D eigenvalue weighted by molar-refractivity contribution is 5.45. The van der Waals surface area contributed by atoms with Gasteiger partial charge in [0.2, 0.25) is 11.8 Å². The van der Waals surface area contributed by atoms with E-state index in [0.717, 1.165) is 5.56 Å². The Morgan fingerprint density at radius 2 is 1.80 bits per heavy atom. The predicted molar refractivity (Wildman–Crippen MR) is 111 cm³/mol. The number of hydrogen-bond donors (Lipinski definition) is 1. The zero-order valence-corrected chi connectivity index (χ0v) is 17.1. The van der Waals surface area contributed by atoms with E-state index in [0.29, 0.717) is 42.3 Å². The van der Waals surface area contributed by atoms with Gasteiger partial charge in [0.25, 0.3) is 0 Å². The number of rotatable bonds is 10. The van der Waals surface area contributed by atoms with Gasteiger partial charge in [0.1, 0.15) is 18.2 Å². The lowest BCUT2D eigenvalue weighted by Crippen LogP contribution is -2.10. The van der Waals surface area contributed by atoms with Crippen molar-refractivity contribution in [1.29, 1.82) is 0 Å². The van der Waals surface area contributed by atoms with Gasteiger partial charge < -0.3 is 24.3 Å². The molecule has 0 aliphatic carbocycles. The minimum atomic E-state index is -0.327. The van der Waals surface area contributed by atoms with Crippen LogP contribution in [0.1, 0.15) is 18.5 Å². The van der Waals surface area contributed by atoms with Crippen molar-refractivity contribution in [2.75, 3.05) is 32.8 Å². The molecule has 7 nitrogen and oxygen atoms in total. The molecule has 1 aromatic heterocycles. The number of nitrogens with one attached hydrogen (secondary N) is 1. The van der Waals surface area contributed by atoms with E-state index in [2.05, 4.69) is 15.3 Å². The third-order valence-corrected chi connectivity index (χ3v) is 4.24. The van der Waals surface area contributed by atoms with Crippen LogP contribution in [-0.2, 0) is 4.74 Å². The molecule has 1 heterocycles. The van der Waals surface area contributed by atoms with Crippen LogP contribution in [0.2, 0.25) is 0 Å². The lowest BCUT2D eigenvalue weighted by molar-refractivity contribution is 0.144. The highest BCUT2D eigenvalue weighted by Gasteiger charge is 2.12. The minimum Gasteiger partial charge on any atom is -0.493 e. The van der Waals surface area contributed by atoms with Crippen LogP contribution < -0.4 is 19.5 Å². The number of ether oxygens (including phenoxy) is 4. The average molecular weight is 413 g/mol. The molecule has 30 heavy (non-hydrogen) atoms. The van der Waals surface area contributed by atoms with Crippen LogP contribution in [0, 0.1) is 5.82 Å². The normalized spacial score (nSPS) is 11.6.